The van der Waals surface area contributed by atoms with Crippen molar-refractivity contribution in [2.24, 2.45) is 7.05 Å². The molecule has 17 heavy (non-hydrogen) atoms. The zero-order valence-electron chi connectivity index (χ0n) is 9.74. The highest BCUT2D eigenvalue weighted by atomic mass is 79.9. The fraction of sp³-hybridized carbons (Fsp3) is 0.333. The first-order valence-electron chi connectivity index (χ1n) is 5.33. The van der Waals surface area contributed by atoms with Crippen molar-refractivity contribution >= 4 is 33.0 Å². The van der Waals surface area contributed by atoms with Crippen molar-refractivity contribution in [2.75, 3.05) is 0 Å². The van der Waals surface area contributed by atoms with Gasteiger partial charge in [-0.25, -0.2) is 0 Å². The van der Waals surface area contributed by atoms with E-state index < -0.39 is 0 Å². The van der Waals surface area contributed by atoms with Crippen LogP contribution in [0.4, 0.5) is 0 Å². The van der Waals surface area contributed by atoms with Crippen LogP contribution in [0.25, 0.3) is 0 Å². The number of thiophene rings is 1. The average molecular weight is 313 g/mol. The van der Waals surface area contributed by atoms with E-state index in [1.54, 1.807) is 4.68 Å². The minimum absolute atomic E-state index is 0.202. The van der Waals surface area contributed by atoms with Crippen LogP contribution >= 0.6 is 27.3 Å². The average Bonchev–Trinajstić information content (AvgIpc) is 2.83. The molecular formula is C12H13BrN2OS. The largest absolute Gasteiger partial charge is 0.293 e. The van der Waals surface area contributed by atoms with Gasteiger partial charge < -0.3 is 0 Å². The van der Waals surface area contributed by atoms with Crippen LogP contribution in [-0.2, 0) is 13.5 Å². The number of Topliss-reactive ketones (excluding diaryl/α,β-unsaturated/α-hetero) is 1. The zero-order chi connectivity index (χ0) is 12.4. The number of nitrogens with zero attached hydrogens (tertiary/aromatic N) is 2. The van der Waals surface area contributed by atoms with E-state index in [9.17, 15) is 4.79 Å². The quantitative estimate of drug-likeness (QED) is 0.811. The van der Waals surface area contributed by atoms with E-state index in [4.69, 9.17) is 0 Å². The van der Waals surface area contributed by atoms with Gasteiger partial charge in [0, 0.05) is 19.7 Å². The van der Waals surface area contributed by atoms with Gasteiger partial charge in [-0.15, -0.1) is 11.3 Å². The Morgan fingerprint density at radius 3 is 2.88 bits per heavy atom. The van der Waals surface area contributed by atoms with Gasteiger partial charge in [-0.05, 0) is 46.5 Å². The fourth-order valence-electron chi connectivity index (χ4n) is 1.58. The number of carbonyl (C=O) groups is 1. The molecular weight excluding hydrogens is 300 g/mol. The molecule has 0 spiro atoms. The highest BCUT2D eigenvalue weighted by Crippen LogP contribution is 2.28. The van der Waals surface area contributed by atoms with Gasteiger partial charge in [0.05, 0.1) is 14.9 Å². The van der Waals surface area contributed by atoms with Crippen molar-refractivity contribution in [3.8, 4) is 0 Å². The molecule has 0 aliphatic heterocycles. The van der Waals surface area contributed by atoms with Crippen molar-refractivity contribution < 1.29 is 4.79 Å². The van der Waals surface area contributed by atoms with Gasteiger partial charge in [0.1, 0.15) is 0 Å². The van der Waals surface area contributed by atoms with Crippen LogP contribution < -0.4 is 0 Å². The summed E-state index contributed by atoms with van der Waals surface area (Å²) in [5.41, 5.74) is 2.23. The maximum atomic E-state index is 12.0. The van der Waals surface area contributed by atoms with Crippen molar-refractivity contribution in [3.63, 3.8) is 0 Å². The van der Waals surface area contributed by atoms with Gasteiger partial charge >= 0.3 is 0 Å². The molecule has 0 amide bonds. The van der Waals surface area contributed by atoms with Crippen LogP contribution in [0.15, 0.2) is 22.2 Å². The smallest absolute Gasteiger partial charge is 0.173 e. The summed E-state index contributed by atoms with van der Waals surface area (Å²) in [6, 6.07) is 1.94. The molecule has 0 bridgehead atoms. The van der Waals surface area contributed by atoms with E-state index in [1.165, 1.54) is 11.3 Å². The molecule has 0 fully saturated rings. The second-order valence-corrected chi connectivity index (χ2v) is 6.38. The maximum Gasteiger partial charge on any atom is 0.173 e. The van der Waals surface area contributed by atoms with E-state index in [0.29, 0.717) is 6.42 Å². The first-order valence-corrected chi connectivity index (χ1v) is 6.94. The first-order chi connectivity index (χ1) is 8.06. The van der Waals surface area contributed by atoms with Crippen molar-refractivity contribution in [1.29, 1.82) is 0 Å². The van der Waals surface area contributed by atoms with Crippen molar-refractivity contribution in [2.45, 2.75) is 19.8 Å². The summed E-state index contributed by atoms with van der Waals surface area (Å²) < 4.78 is 2.80. The Labute approximate surface area is 113 Å². The third-order valence-corrected chi connectivity index (χ3v) is 4.71. The minimum Gasteiger partial charge on any atom is -0.293 e. The Morgan fingerprint density at radius 1 is 1.59 bits per heavy atom. The lowest BCUT2D eigenvalue weighted by Crippen LogP contribution is -1.98. The molecule has 0 saturated carbocycles. The Bertz CT molecular complexity index is 525. The molecule has 0 aromatic carbocycles. The van der Waals surface area contributed by atoms with E-state index in [-0.39, 0.29) is 5.78 Å². The van der Waals surface area contributed by atoms with E-state index in [0.717, 1.165) is 26.2 Å². The Morgan fingerprint density at radius 2 is 2.35 bits per heavy atom. The van der Waals surface area contributed by atoms with Crippen LogP contribution in [0.1, 0.15) is 27.2 Å². The van der Waals surface area contributed by atoms with Crippen molar-refractivity contribution in [1.82, 2.24) is 9.78 Å². The Kier molecular flexibility index (Phi) is 3.79. The molecule has 0 aliphatic carbocycles. The number of aromatic nitrogens is 2. The Balaban J connectivity index is 1.98. The molecule has 0 aliphatic rings. The van der Waals surface area contributed by atoms with E-state index in [2.05, 4.69) is 21.0 Å². The molecule has 2 rings (SSSR count). The van der Waals surface area contributed by atoms with Gasteiger partial charge in [0.15, 0.2) is 5.78 Å². The summed E-state index contributed by atoms with van der Waals surface area (Å²) in [5, 5.41) is 4.09. The number of hydrogen-bond acceptors (Lipinski definition) is 3. The topological polar surface area (TPSA) is 34.9 Å². The van der Waals surface area contributed by atoms with Gasteiger partial charge in [-0.3, -0.25) is 9.48 Å². The summed E-state index contributed by atoms with van der Waals surface area (Å²) in [7, 11) is 1.88. The number of aryl methyl sites for hydroxylation is 3. The number of carbonyl (C=O) groups excluding carboxylic acids is 1. The van der Waals surface area contributed by atoms with Crippen LogP contribution in [0, 0.1) is 6.92 Å². The van der Waals surface area contributed by atoms with Gasteiger partial charge in [-0.1, -0.05) is 0 Å². The van der Waals surface area contributed by atoms with Gasteiger partial charge in [-0.2, -0.15) is 5.10 Å². The van der Waals surface area contributed by atoms with Gasteiger partial charge in [0.25, 0.3) is 0 Å². The highest BCUT2D eigenvalue weighted by Gasteiger charge is 2.11. The van der Waals surface area contributed by atoms with Crippen LogP contribution in [0.3, 0.4) is 0 Å². The van der Waals surface area contributed by atoms with Crippen LogP contribution in [-0.4, -0.2) is 15.6 Å². The lowest BCUT2D eigenvalue weighted by Gasteiger charge is -1.95. The van der Waals surface area contributed by atoms with Gasteiger partial charge in [0.2, 0.25) is 0 Å². The molecule has 3 nitrogen and oxygen atoms in total. The number of rotatable bonds is 4. The second kappa shape index (κ2) is 5.14. The minimum atomic E-state index is 0.202. The molecule has 0 N–H and O–H groups in total. The third kappa shape index (κ3) is 3.04. The standard InChI is InChI=1S/C12H13BrN2OS/c1-8-5-11(17-12(8)13)10(16)4-3-9-6-14-15(2)7-9/h5-7H,3-4H2,1-2H3. The predicted octanol–water partition coefficient (Wildman–Crippen LogP) is 3.37. The normalized spacial score (nSPS) is 10.8. The number of hydrogen-bond donors (Lipinski definition) is 0. The van der Waals surface area contributed by atoms with Crippen molar-refractivity contribution in [3.05, 3.63) is 38.3 Å². The summed E-state index contributed by atoms with van der Waals surface area (Å²) in [4.78, 5) is 12.8. The molecule has 2 aromatic heterocycles. The Hall–Kier alpha value is -0.940. The predicted molar refractivity (Wildman–Crippen MR) is 72.6 cm³/mol. The van der Waals surface area contributed by atoms with Crippen LogP contribution in [0.5, 0.6) is 0 Å². The molecule has 2 aromatic rings. The molecule has 0 radical (unpaired) electrons. The molecule has 5 heteroatoms. The third-order valence-electron chi connectivity index (χ3n) is 2.53. The van der Waals surface area contributed by atoms with E-state index >= 15 is 0 Å². The SMILES string of the molecule is Cc1cc(C(=O)CCc2cnn(C)c2)sc1Br. The molecule has 0 saturated heterocycles. The highest BCUT2D eigenvalue weighted by molar-refractivity contribution is 9.11. The van der Waals surface area contributed by atoms with E-state index in [1.807, 2.05) is 32.4 Å². The lowest BCUT2D eigenvalue weighted by molar-refractivity contribution is 0.0986. The van der Waals surface area contributed by atoms with Crippen LogP contribution in [0.2, 0.25) is 0 Å². The maximum absolute atomic E-state index is 12.0. The second-order valence-electron chi connectivity index (χ2n) is 4.01. The summed E-state index contributed by atoms with van der Waals surface area (Å²) >= 11 is 4.95. The number of halogens is 1. The summed E-state index contributed by atoms with van der Waals surface area (Å²) in [6.45, 7) is 2.00. The summed E-state index contributed by atoms with van der Waals surface area (Å²) in [6.07, 6.45) is 5.05. The molecule has 2 heterocycles. The monoisotopic (exact) mass is 312 g/mol. The summed E-state index contributed by atoms with van der Waals surface area (Å²) in [5.74, 6) is 0.202. The first kappa shape index (κ1) is 12.5. The number of ketones is 1. The lowest BCUT2D eigenvalue weighted by atomic mass is 10.1. The molecule has 90 valence electrons. The zero-order valence-corrected chi connectivity index (χ0v) is 12.1. The molecule has 0 unspecified atom stereocenters. The molecule has 0 atom stereocenters. The fourth-order valence-corrected chi connectivity index (χ4v) is 3.08.